The summed E-state index contributed by atoms with van der Waals surface area (Å²) in [7, 11) is -3.09. The monoisotopic (exact) mass is 316 g/mol. The van der Waals surface area contributed by atoms with Crippen LogP contribution in [0.3, 0.4) is 0 Å². The molecule has 2 atom stereocenters. The second-order valence-electron chi connectivity index (χ2n) is 3.53. The summed E-state index contributed by atoms with van der Waals surface area (Å²) in [4.78, 5) is 3.98. The van der Waals surface area contributed by atoms with Gasteiger partial charge >= 0.3 is 0 Å². The Morgan fingerprint density at radius 2 is 2.00 bits per heavy atom. The predicted molar refractivity (Wildman–Crippen MR) is 78.9 cm³/mol. The molecule has 0 aromatic carbocycles. The summed E-state index contributed by atoms with van der Waals surface area (Å²) in [5.74, 6) is 0. The first-order chi connectivity index (χ1) is 9.09. The second-order valence-corrected chi connectivity index (χ2v) is 8.14. The van der Waals surface area contributed by atoms with E-state index in [1.807, 2.05) is 19.4 Å². The number of nitrogens with zero attached hydrogens (tertiary/aromatic N) is 4. The summed E-state index contributed by atoms with van der Waals surface area (Å²) in [6, 6.07) is 5.10. The van der Waals surface area contributed by atoms with Gasteiger partial charge in [-0.1, -0.05) is 0 Å². The van der Waals surface area contributed by atoms with E-state index in [0.717, 1.165) is 5.69 Å². The Morgan fingerprint density at radius 3 is 2.58 bits per heavy atom. The normalized spacial score (nSPS) is 13.2. The number of sulfonamides is 1. The molecule has 2 rings (SSSR count). The van der Waals surface area contributed by atoms with Crippen LogP contribution in [0.1, 0.15) is 0 Å². The van der Waals surface area contributed by atoms with Crippen LogP contribution < -0.4 is 0 Å². The predicted octanol–water partition coefficient (Wildman–Crippen LogP) is 1.70. The van der Waals surface area contributed by atoms with E-state index in [1.54, 1.807) is 24.7 Å². The summed E-state index contributed by atoms with van der Waals surface area (Å²) in [5, 5.41) is 4.19. The van der Waals surface area contributed by atoms with Crippen LogP contribution in [0.25, 0.3) is 5.69 Å². The highest BCUT2D eigenvalue weighted by Gasteiger charge is 2.24. The van der Waals surface area contributed by atoms with Gasteiger partial charge in [0, 0.05) is 12.4 Å². The second kappa shape index (κ2) is 6.06. The van der Waals surface area contributed by atoms with Gasteiger partial charge in [-0.25, -0.2) is 13.1 Å². The molecule has 0 aliphatic heterocycles. The highest BCUT2D eigenvalue weighted by atomic mass is 32.2. The molecule has 2 heterocycles. The Kier molecular flexibility index (Phi) is 4.63. The van der Waals surface area contributed by atoms with E-state index in [1.165, 1.54) is 14.6 Å². The standard InChI is InChI=1S/C10H14N4O2P2S/c1-17-14(18-2)19(15,16)10-5-7-13(12-10)9-4-3-6-11-8-9/h3-8,17-18H,1-2H3. The van der Waals surface area contributed by atoms with Gasteiger partial charge in [0.15, 0.2) is 5.03 Å². The largest absolute Gasteiger partial charge is 0.268 e. The van der Waals surface area contributed by atoms with Crippen molar-refractivity contribution >= 4 is 27.5 Å². The molecule has 0 bridgehead atoms. The molecule has 0 saturated heterocycles. The number of rotatable bonds is 5. The maximum Gasteiger partial charge on any atom is 0.268 e. The van der Waals surface area contributed by atoms with Crippen LogP contribution >= 0.6 is 17.5 Å². The Morgan fingerprint density at radius 1 is 1.26 bits per heavy atom. The van der Waals surface area contributed by atoms with Crippen molar-refractivity contribution in [2.45, 2.75) is 5.03 Å². The first-order valence-corrected chi connectivity index (χ1v) is 9.79. The van der Waals surface area contributed by atoms with Crippen molar-refractivity contribution in [3.63, 3.8) is 0 Å². The molecule has 2 aromatic heterocycles. The average molecular weight is 316 g/mol. The highest BCUT2D eigenvalue weighted by molar-refractivity contribution is 7.97. The molecule has 0 N–H and O–H groups in total. The van der Waals surface area contributed by atoms with Crippen molar-refractivity contribution in [3.05, 3.63) is 36.8 Å². The quantitative estimate of drug-likeness (QED) is 0.788. The van der Waals surface area contributed by atoms with E-state index < -0.39 is 10.0 Å². The number of pyridine rings is 1. The fourth-order valence-electron chi connectivity index (χ4n) is 1.52. The Labute approximate surface area is 116 Å². The van der Waals surface area contributed by atoms with Crippen molar-refractivity contribution in [2.75, 3.05) is 13.3 Å². The first-order valence-electron chi connectivity index (χ1n) is 5.46. The zero-order chi connectivity index (χ0) is 13.9. The molecule has 19 heavy (non-hydrogen) atoms. The van der Waals surface area contributed by atoms with E-state index in [4.69, 9.17) is 0 Å². The van der Waals surface area contributed by atoms with E-state index in [9.17, 15) is 8.42 Å². The SMILES string of the molecule is CPN(PC)S(=O)(=O)c1ccn(-c2cccnc2)n1. The molecule has 0 aliphatic rings. The van der Waals surface area contributed by atoms with Crippen LogP contribution in [0, 0.1) is 0 Å². The van der Waals surface area contributed by atoms with Crippen molar-refractivity contribution in [3.8, 4) is 5.69 Å². The van der Waals surface area contributed by atoms with Crippen LogP contribution in [0.4, 0.5) is 0 Å². The molecule has 0 spiro atoms. The lowest BCUT2D eigenvalue weighted by Gasteiger charge is -2.15. The molecule has 6 nitrogen and oxygen atoms in total. The van der Waals surface area contributed by atoms with Crippen LogP contribution in [-0.4, -0.2) is 40.4 Å². The van der Waals surface area contributed by atoms with Crippen molar-refractivity contribution < 1.29 is 8.42 Å². The van der Waals surface area contributed by atoms with E-state index in [-0.39, 0.29) is 22.5 Å². The van der Waals surface area contributed by atoms with Crippen molar-refractivity contribution in [2.24, 2.45) is 0 Å². The van der Waals surface area contributed by atoms with Gasteiger partial charge in [0.1, 0.15) is 0 Å². The average Bonchev–Trinajstić information content (AvgIpc) is 2.91. The molecular formula is C10H14N4O2P2S. The molecule has 9 heteroatoms. The topological polar surface area (TPSA) is 68.1 Å². The smallest absolute Gasteiger partial charge is 0.262 e. The molecule has 0 fully saturated rings. The third-order valence-corrected chi connectivity index (χ3v) is 8.30. The Balaban J connectivity index is 2.37. The molecule has 2 unspecified atom stereocenters. The minimum Gasteiger partial charge on any atom is -0.262 e. The van der Waals surface area contributed by atoms with Gasteiger partial charge in [-0.2, -0.15) is 8.94 Å². The molecule has 0 amide bonds. The molecule has 2 aromatic rings. The lowest BCUT2D eigenvalue weighted by atomic mass is 10.4. The van der Waals surface area contributed by atoms with Gasteiger partial charge in [-0.3, -0.25) is 4.98 Å². The molecule has 0 aliphatic carbocycles. The molecule has 0 radical (unpaired) electrons. The van der Waals surface area contributed by atoms with Crippen molar-refractivity contribution in [1.82, 2.24) is 18.6 Å². The minimum absolute atomic E-state index is 0.0695. The van der Waals surface area contributed by atoms with Gasteiger partial charge in [-0.05, 0) is 49.0 Å². The molecular weight excluding hydrogens is 302 g/mol. The highest BCUT2D eigenvalue weighted by Crippen LogP contribution is 2.34. The summed E-state index contributed by atoms with van der Waals surface area (Å²) >= 11 is 0. The third-order valence-electron chi connectivity index (χ3n) is 2.39. The number of aromatic nitrogens is 3. The van der Waals surface area contributed by atoms with Gasteiger partial charge in [-0.15, -0.1) is 0 Å². The summed E-state index contributed by atoms with van der Waals surface area (Å²) in [6.45, 7) is 3.68. The van der Waals surface area contributed by atoms with Gasteiger partial charge < -0.3 is 0 Å². The minimum atomic E-state index is -3.48. The van der Waals surface area contributed by atoms with E-state index in [0.29, 0.717) is 0 Å². The third kappa shape index (κ3) is 3.00. The zero-order valence-corrected chi connectivity index (χ0v) is 13.3. The first kappa shape index (κ1) is 14.5. The lowest BCUT2D eigenvalue weighted by Crippen LogP contribution is -2.16. The summed E-state index contributed by atoms with van der Waals surface area (Å²) in [5.41, 5.74) is 0.730. The lowest BCUT2D eigenvalue weighted by molar-refractivity contribution is 0.575. The molecule has 0 saturated carbocycles. The van der Waals surface area contributed by atoms with Gasteiger partial charge in [0.2, 0.25) is 0 Å². The van der Waals surface area contributed by atoms with Crippen molar-refractivity contribution in [1.29, 1.82) is 0 Å². The van der Waals surface area contributed by atoms with Gasteiger partial charge in [0.25, 0.3) is 10.0 Å². The Hall–Kier alpha value is -0.870. The zero-order valence-electron chi connectivity index (χ0n) is 10.5. The summed E-state index contributed by atoms with van der Waals surface area (Å²) in [6.07, 6.45) is 4.91. The van der Waals surface area contributed by atoms with Crippen LogP contribution in [0.2, 0.25) is 0 Å². The fraction of sp³-hybridized carbons (Fsp3) is 0.200. The summed E-state index contributed by atoms with van der Waals surface area (Å²) < 4.78 is 27.5. The number of hydrogen-bond acceptors (Lipinski definition) is 4. The maximum absolute atomic E-state index is 12.3. The maximum atomic E-state index is 12.3. The van der Waals surface area contributed by atoms with Crippen LogP contribution in [0.5, 0.6) is 0 Å². The number of hydrogen-bond donors (Lipinski definition) is 0. The van der Waals surface area contributed by atoms with Crippen LogP contribution in [-0.2, 0) is 10.0 Å². The van der Waals surface area contributed by atoms with Crippen LogP contribution in [0.15, 0.2) is 41.8 Å². The van der Waals surface area contributed by atoms with E-state index >= 15 is 0 Å². The molecule has 102 valence electrons. The fourth-order valence-corrected chi connectivity index (χ4v) is 5.51. The Bertz CT molecular complexity index is 641. The van der Waals surface area contributed by atoms with Gasteiger partial charge in [0.05, 0.1) is 11.9 Å². The van der Waals surface area contributed by atoms with E-state index in [2.05, 4.69) is 10.1 Å².